The molecule has 1 aromatic rings. The molecule has 0 heterocycles. The van der Waals surface area contributed by atoms with Crippen LogP contribution in [0.25, 0.3) is 0 Å². The zero-order valence-electron chi connectivity index (χ0n) is 7.29. The van der Waals surface area contributed by atoms with Crippen molar-refractivity contribution in [1.29, 1.82) is 0 Å². The van der Waals surface area contributed by atoms with E-state index >= 15 is 0 Å². The Kier molecular flexibility index (Phi) is 2.13. The maximum atomic E-state index is 4.91. The van der Waals surface area contributed by atoms with Crippen LogP contribution in [0, 0.1) is 0 Å². The molecule has 0 aliphatic heterocycles. The van der Waals surface area contributed by atoms with Crippen LogP contribution in [0.4, 0.5) is 0 Å². The number of rotatable bonds is 1. The molecule has 2 heteroatoms. The van der Waals surface area contributed by atoms with Gasteiger partial charge in [-0.25, -0.2) is 0 Å². The SMILES string of the molecule is [H-].[H-].[H-].[Ti][O]c1ccccc1. The molecule has 8 heavy (non-hydrogen) atoms. The quantitative estimate of drug-likeness (QED) is 0.546. The van der Waals surface area contributed by atoms with Crippen molar-refractivity contribution in [2.24, 2.45) is 0 Å². The van der Waals surface area contributed by atoms with Gasteiger partial charge >= 0.3 is 60.2 Å². The van der Waals surface area contributed by atoms with Crippen LogP contribution in [-0.4, -0.2) is 0 Å². The van der Waals surface area contributed by atoms with Crippen molar-refractivity contribution < 1.29 is 28.4 Å². The average molecular weight is 144 g/mol. The minimum atomic E-state index is 0. The molecule has 0 radical (unpaired) electrons. The Morgan fingerprint density at radius 1 is 1.25 bits per heavy atom. The summed E-state index contributed by atoms with van der Waals surface area (Å²) in [6.07, 6.45) is 0. The molecule has 1 nitrogen and oxygen atoms in total. The number of hydrogen-bond acceptors (Lipinski definition) is 1. The molecule has 0 unspecified atom stereocenters. The van der Waals surface area contributed by atoms with Crippen LogP contribution >= 0.6 is 0 Å². The standard InChI is InChI=1S/C6H6O.Ti.3H/c7-6-4-2-1-3-5-6;;;;/h1-5,7H;;;;/q;+1;3*-1/p-1. The van der Waals surface area contributed by atoms with Crippen molar-refractivity contribution >= 4 is 0 Å². The maximum absolute atomic E-state index is 4.91. The first-order chi connectivity index (χ1) is 3.93. The molecule has 0 aromatic heterocycles. The van der Waals surface area contributed by atoms with Crippen LogP contribution in [0.5, 0.6) is 5.75 Å². The molecule has 0 saturated carbocycles. The summed E-state index contributed by atoms with van der Waals surface area (Å²) >= 11 is 1.66. The molecular weight excluding hydrogens is 136 g/mol. The van der Waals surface area contributed by atoms with E-state index in [1.54, 1.807) is 20.8 Å². The Labute approximate surface area is 65.0 Å². The Balaban J connectivity index is -0.000000213. The van der Waals surface area contributed by atoms with Crippen LogP contribution in [0.2, 0.25) is 0 Å². The van der Waals surface area contributed by atoms with Gasteiger partial charge in [0.25, 0.3) is 0 Å². The summed E-state index contributed by atoms with van der Waals surface area (Å²) in [6.45, 7) is 0. The molecule has 0 spiro atoms. The van der Waals surface area contributed by atoms with E-state index in [0.29, 0.717) is 0 Å². The van der Waals surface area contributed by atoms with Crippen molar-refractivity contribution in [2.75, 3.05) is 0 Å². The normalized spacial score (nSPS) is 8.38. The second-order valence-electron chi connectivity index (χ2n) is 1.42. The van der Waals surface area contributed by atoms with Gasteiger partial charge in [-0.3, -0.25) is 0 Å². The van der Waals surface area contributed by atoms with Crippen molar-refractivity contribution in [2.45, 2.75) is 0 Å². The predicted octanol–water partition coefficient (Wildman–Crippen LogP) is 1.86. The Morgan fingerprint density at radius 2 is 1.88 bits per heavy atom. The fraction of sp³-hybridized carbons (Fsp3) is 0. The van der Waals surface area contributed by atoms with Gasteiger partial charge in [-0.15, -0.1) is 0 Å². The van der Waals surface area contributed by atoms with Crippen molar-refractivity contribution in [3.63, 3.8) is 0 Å². The van der Waals surface area contributed by atoms with Crippen LogP contribution in [0.1, 0.15) is 4.28 Å². The molecule has 0 aliphatic rings. The van der Waals surface area contributed by atoms with Gasteiger partial charge in [-0.05, 0) is 0 Å². The first-order valence-corrected chi connectivity index (χ1v) is 2.96. The number of para-hydroxylation sites is 1. The molecule has 0 amide bonds. The van der Waals surface area contributed by atoms with Gasteiger partial charge < -0.3 is 4.28 Å². The van der Waals surface area contributed by atoms with Crippen LogP contribution in [0.3, 0.4) is 0 Å². The summed E-state index contributed by atoms with van der Waals surface area (Å²) in [6, 6.07) is 9.68. The number of benzene rings is 1. The summed E-state index contributed by atoms with van der Waals surface area (Å²) in [4.78, 5) is 0. The molecule has 0 aliphatic carbocycles. The van der Waals surface area contributed by atoms with Crippen molar-refractivity contribution in [1.82, 2.24) is 0 Å². The molecule has 1 rings (SSSR count). The summed E-state index contributed by atoms with van der Waals surface area (Å²) in [5.41, 5.74) is 0. The van der Waals surface area contributed by atoms with Gasteiger partial charge in [0, 0.05) is 0 Å². The van der Waals surface area contributed by atoms with Crippen LogP contribution in [0.15, 0.2) is 30.3 Å². The van der Waals surface area contributed by atoms with Crippen molar-refractivity contribution in [3.8, 4) is 5.75 Å². The first-order valence-electron chi connectivity index (χ1n) is 2.32. The fourth-order valence-corrected chi connectivity index (χ4v) is 0.701. The molecule has 0 N–H and O–H groups in total. The third kappa shape index (κ3) is 1.36. The summed E-state index contributed by atoms with van der Waals surface area (Å²) in [7, 11) is 0. The van der Waals surface area contributed by atoms with Crippen LogP contribution in [-0.2, 0) is 20.8 Å². The summed E-state index contributed by atoms with van der Waals surface area (Å²) < 4.78 is 4.91. The van der Waals surface area contributed by atoms with E-state index in [-0.39, 0.29) is 4.28 Å². The third-order valence-electron chi connectivity index (χ3n) is 0.861. The Bertz CT molecular complexity index is 159. The molecule has 45 valence electrons. The summed E-state index contributed by atoms with van der Waals surface area (Å²) in [5.74, 6) is 0.910. The topological polar surface area (TPSA) is 9.23 Å². The average Bonchev–Trinajstić information content (AvgIpc) is 1.90. The molecule has 0 atom stereocenters. The zero-order valence-corrected chi connectivity index (χ0v) is 5.86. The van der Waals surface area contributed by atoms with Gasteiger partial charge in [0.15, 0.2) is 0 Å². The molecular formula is C6H8OTi-3. The Morgan fingerprint density at radius 3 is 2.25 bits per heavy atom. The monoisotopic (exact) mass is 144 g/mol. The van der Waals surface area contributed by atoms with Gasteiger partial charge in [-0.1, -0.05) is 0 Å². The van der Waals surface area contributed by atoms with E-state index < -0.39 is 0 Å². The van der Waals surface area contributed by atoms with E-state index in [1.165, 1.54) is 0 Å². The van der Waals surface area contributed by atoms with Crippen molar-refractivity contribution in [3.05, 3.63) is 30.3 Å². The van der Waals surface area contributed by atoms with Gasteiger partial charge in [0.2, 0.25) is 0 Å². The van der Waals surface area contributed by atoms with E-state index in [4.69, 9.17) is 3.32 Å². The predicted molar refractivity (Wildman–Crippen MR) is 30.4 cm³/mol. The Hall–Kier alpha value is -0.266. The van der Waals surface area contributed by atoms with E-state index in [2.05, 4.69) is 0 Å². The second-order valence-corrected chi connectivity index (χ2v) is 1.73. The van der Waals surface area contributed by atoms with Gasteiger partial charge in [-0.2, -0.15) is 0 Å². The van der Waals surface area contributed by atoms with Gasteiger partial charge in [0.1, 0.15) is 0 Å². The molecule has 1 aromatic carbocycles. The first kappa shape index (κ1) is 5.86. The zero-order chi connectivity index (χ0) is 5.82. The molecule has 0 fully saturated rings. The van der Waals surface area contributed by atoms with E-state index in [9.17, 15) is 0 Å². The summed E-state index contributed by atoms with van der Waals surface area (Å²) in [5, 5.41) is 0. The second kappa shape index (κ2) is 2.90. The molecule has 0 bridgehead atoms. The van der Waals surface area contributed by atoms with E-state index in [0.717, 1.165) is 5.75 Å². The van der Waals surface area contributed by atoms with Crippen LogP contribution < -0.4 is 3.32 Å². The van der Waals surface area contributed by atoms with E-state index in [1.807, 2.05) is 30.3 Å². The third-order valence-corrected chi connectivity index (χ3v) is 1.23. The van der Waals surface area contributed by atoms with Gasteiger partial charge in [0.05, 0.1) is 0 Å². The number of hydrogen-bond donors (Lipinski definition) is 0. The molecule has 0 saturated heterocycles. The fourth-order valence-electron chi connectivity index (χ4n) is 0.489. The minimum absolute atomic E-state index is 0.